The normalized spacial score (nSPS) is 14.3. The number of rotatable bonds is 12. The van der Waals surface area contributed by atoms with Gasteiger partial charge in [0.1, 0.15) is 12.6 Å². The Morgan fingerprint density at radius 2 is 1.41 bits per heavy atom. The van der Waals surface area contributed by atoms with E-state index in [4.69, 9.17) is 11.6 Å². The largest absolute Gasteiger partial charge is 0.352 e. The SMILES string of the molecule is Cc1ccc(CN(C(=O)CN(c2ccccc2Cl)S(=O)(=O)c2ccccc2)C(Cc2ccccc2)C(=O)NC2CCCCC2)cc1. The summed E-state index contributed by atoms with van der Waals surface area (Å²) in [4.78, 5) is 30.3. The fourth-order valence-electron chi connectivity index (χ4n) is 5.88. The number of carbonyl (C=O) groups is 2. The number of halogens is 1. The number of anilines is 1. The van der Waals surface area contributed by atoms with Crippen molar-refractivity contribution in [2.45, 2.75) is 69.0 Å². The van der Waals surface area contributed by atoms with Crippen LogP contribution in [-0.2, 0) is 32.6 Å². The van der Waals surface area contributed by atoms with Gasteiger partial charge in [-0.1, -0.05) is 121 Å². The van der Waals surface area contributed by atoms with E-state index in [0.29, 0.717) is 0 Å². The van der Waals surface area contributed by atoms with Crippen LogP contribution in [0.5, 0.6) is 0 Å². The summed E-state index contributed by atoms with van der Waals surface area (Å²) in [5, 5.41) is 3.42. The third-order valence-electron chi connectivity index (χ3n) is 8.43. The highest BCUT2D eigenvalue weighted by Crippen LogP contribution is 2.31. The summed E-state index contributed by atoms with van der Waals surface area (Å²) in [5.41, 5.74) is 2.98. The molecule has 0 heterocycles. The van der Waals surface area contributed by atoms with Crippen molar-refractivity contribution < 1.29 is 18.0 Å². The molecule has 1 N–H and O–H groups in total. The zero-order chi connectivity index (χ0) is 32.5. The first-order valence-corrected chi connectivity index (χ1v) is 17.6. The Labute approximate surface area is 277 Å². The van der Waals surface area contributed by atoms with Gasteiger partial charge >= 0.3 is 0 Å². The smallest absolute Gasteiger partial charge is 0.264 e. The number of nitrogens with one attached hydrogen (secondary N) is 1. The van der Waals surface area contributed by atoms with Crippen molar-refractivity contribution in [2.24, 2.45) is 0 Å². The first-order chi connectivity index (χ1) is 22.2. The molecule has 1 aliphatic rings. The quantitative estimate of drug-likeness (QED) is 0.179. The molecule has 5 rings (SSSR count). The minimum Gasteiger partial charge on any atom is -0.352 e. The van der Waals surface area contributed by atoms with E-state index >= 15 is 0 Å². The molecule has 2 amide bonds. The van der Waals surface area contributed by atoms with Crippen molar-refractivity contribution in [3.8, 4) is 0 Å². The third-order valence-corrected chi connectivity index (χ3v) is 10.5. The molecule has 0 radical (unpaired) electrons. The van der Waals surface area contributed by atoms with E-state index in [-0.39, 0.29) is 40.5 Å². The second-order valence-electron chi connectivity index (χ2n) is 11.8. The molecule has 1 atom stereocenters. The van der Waals surface area contributed by atoms with Crippen LogP contribution in [0.2, 0.25) is 5.02 Å². The van der Waals surface area contributed by atoms with Gasteiger partial charge in [0.25, 0.3) is 10.0 Å². The lowest BCUT2D eigenvalue weighted by Crippen LogP contribution is -2.55. The van der Waals surface area contributed by atoms with E-state index < -0.39 is 28.5 Å². The molecule has 1 saturated carbocycles. The molecular formula is C37H40ClN3O4S. The molecule has 240 valence electrons. The lowest BCUT2D eigenvalue weighted by Gasteiger charge is -2.35. The number of para-hydroxylation sites is 1. The van der Waals surface area contributed by atoms with Gasteiger partial charge < -0.3 is 10.2 Å². The summed E-state index contributed by atoms with van der Waals surface area (Å²) in [7, 11) is -4.21. The summed E-state index contributed by atoms with van der Waals surface area (Å²) in [6, 6.07) is 31.1. The maximum Gasteiger partial charge on any atom is 0.264 e. The molecule has 0 spiro atoms. The fraction of sp³-hybridized carbons (Fsp3) is 0.297. The Hall–Kier alpha value is -4.14. The second kappa shape index (κ2) is 15.4. The minimum atomic E-state index is -4.21. The van der Waals surface area contributed by atoms with E-state index in [0.717, 1.165) is 53.1 Å². The highest BCUT2D eigenvalue weighted by Gasteiger charge is 2.36. The molecule has 0 saturated heterocycles. The number of aryl methyl sites for hydroxylation is 1. The molecule has 1 unspecified atom stereocenters. The van der Waals surface area contributed by atoms with E-state index in [1.807, 2.05) is 61.5 Å². The van der Waals surface area contributed by atoms with Crippen molar-refractivity contribution in [1.82, 2.24) is 10.2 Å². The van der Waals surface area contributed by atoms with Gasteiger partial charge in [0.05, 0.1) is 15.6 Å². The maximum absolute atomic E-state index is 14.6. The van der Waals surface area contributed by atoms with Crippen molar-refractivity contribution in [3.05, 3.63) is 131 Å². The minimum absolute atomic E-state index is 0.0312. The molecule has 0 bridgehead atoms. The van der Waals surface area contributed by atoms with Crippen molar-refractivity contribution in [3.63, 3.8) is 0 Å². The van der Waals surface area contributed by atoms with Gasteiger partial charge in [-0.25, -0.2) is 8.42 Å². The topological polar surface area (TPSA) is 86.8 Å². The van der Waals surface area contributed by atoms with E-state index in [9.17, 15) is 18.0 Å². The van der Waals surface area contributed by atoms with E-state index in [1.54, 1.807) is 42.5 Å². The van der Waals surface area contributed by atoms with Crippen LogP contribution in [0.3, 0.4) is 0 Å². The van der Waals surface area contributed by atoms with Crippen molar-refractivity contribution in [2.75, 3.05) is 10.8 Å². The average Bonchev–Trinajstić information content (AvgIpc) is 3.07. The van der Waals surface area contributed by atoms with Crippen LogP contribution in [0, 0.1) is 6.92 Å². The van der Waals surface area contributed by atoms with Crippen LogP contribution in [-0.4, -0.2) is 43.8 Å². The van der Waals surface area contributed by atoms with Crippen LogP contribution in [0.15, 0.2) is 114 Å². The summed E-state index contributed by atoms with van der Waals surface area (Å²) in [6.07, 6.45) is 5.30. The third kappa shape index (κ3) is 8.36. The van der Waals surface area contributed by atoms with Crippen LogP contribution in [0.25, 0.3) is 0 Å². The van der Waals surface area contributed by atoms with Gasteiger partial charge in [0.15, 0.2) is 0 Å². The lowest BCUT2D eigenvalue weighted by atomic mass is 9.94. The van der Waals surface area contributed by atoms with Crippen LogP contribution < -0.4 is 9.62 Å². The van der Waals surface area contributed by atoms with E-state index in [1.165, 1.54) is 17.0 Å². The molecule has 4 aromatic carbocycles. The van der Waals surface area contributed by atoms with Gasteiger partial charge in [-0.05, 0) is 55.2 Å². The van der Waals surface area contributed by atoms with Gasteiger partial charge in [-0.2, -0.15) is 0 Å². The zero-order valence-electron chi connectivity index (χ0n) is 26.0. The number of amides is 2. The standard InChI is InChI=1S/C37H40ClN3O4S/c1-28-21-23-30(24-22-28)26-40(35(25-29-13-5-2-6-14-29)37(43)39-31-15-7-3-8-16-31)36(42)27-41(34-20-12-11-19-33(34)38)46(44,45)32-17-9-4-10-18-32/h2,4-6,9-14,17-24,31,35H,3,7-8,15-16,25-27H2,1H3,(H,39,43). The Bertz CT molecular complexity index is 1710. The fourth-order valence-corrected chi connectivity index (χ4v) is 7.62. The highest BCUT2D eigenvalue weighted by atomic mass is 35.5. The number of benzene rings is 4. The Morgan fingerprint density at radius 3 is 2.07 bits per heavy atom. The molecule has 7 nitrogen and oxygen atoms in total. The average molecular weight is 658 g/mol. The van der Waals surface area contributed by atoms with Crippen molar-refractivity contribution in [1.29, 1.82) is 0 Å². The summed E-state index contributed by atoms with van der Waals surface area (Å²) in [5.74, 6) is -0.758. The Balaban J connectivity index is 1.56. The first-order valence-electron chi connectivity index (χ1n) is 15.7. The number of nitrogens with zero attached hydrogens (tertiary/aromatic N) is 2. The van der Waals surface area contributed by atoms with Gasteiger partial charge in [-0.3, -0.25) is 13.9 Å². The predicted octanol–water partition coefficient (Wildman–Crippen LogP) is 6.93. The highest BCUT2D eigenvalue weighted by molar-refractivity contribution is 7.92. The molecular weight excluding hydrogens is 618 g/mol. The maximum atomic E-state index is 14.6. The predicted molar refractivity (Wildman–Crippen MR) is 183 cm³/mol. The molecule has 4 aromatic rings. The Morgan fingerprint density at radius 1 is 0.804 bits per heavy atom. The monoisotopic (exact) mass is 657 g/mol. The van der Waals surface area contributed by atoms with Crippen LogP contribution in [0.4, 0.5) is 5.69 Å². The lowest BCUT2D eigenvalue weighted by molar-refractivity contribution is -0.140. The molecule has 1 fully saturated rings. The summed E-state index contributed by atoms with van der Waals surface area (Å²) in [6.45, 7) is 1.56. The zero-order valence-corrected chi connectivity index (χ0v) is 27.6. The number of sulfonamides is 1. The molecule has 1 aliphatic carbocycles. The number of hydrogen-bond donors (Lipinski definition) is 1. The van der Waals surface area contributed by atoms with E-state index in [2.05, 4.69) is 5.32 Å². The first kappa shape index (κ1) is 33.2. The van der Waals surface area contributed by atoms with Gasteiger partial charge in [0, 0.05) is 19.0 Å². The van der Waals surface area contributed by atoms with Crippen molar-refractivity contribution >= 4 is 39.1 Å². The van der Waals surface area contributed by atoms with Gasteiger partial charge in [0.2, 0.25) is 11.8 Å². The summed E-state index contributed by atoms with van der Waals surface area (Å²) >= 11 is 6.55. The number of hydrogen-bond acceptors (Lipinski definition) is 4. The molecule has 46 heavy (non-hydrogen) atoms. The Kier molecular flexibility index (Phi) is 11.1. The van der Waals surface area contributed by atoms with Gasteiger partial charge in [-0.15, -0.1) is 0 Å². The number of carbonyl (C=O) groups excluding carboxylic acids is 2. The second-order valence-corrected chi connectivity index (χ2v) is 14.1. The van der Waals surface area contributed by atoms with Crippen LogP contribution in [0.1, 0.15) is 48.8 Å². The molecule has 0 aliphatic heterocycles. The van der Waals surface area contributed by atoms with Crippen LogP contribution >= 0.6 is 11.6 Å². The summed E-state index contributed by atoms with van der Waals surface area (Å²) < 4.78 is 29.3. The molecule has 0 aromatic heterocycles. The molecule has 9 heteroatoms.